The molecular formula is C36H47ClCrN4. The molecule has 5 heterocycles. The third-order valence-corrected chi connectivity index (χ3v) is 8.91. The van der Waals surface area contributed by atoms with E-state index in [2.05, 4.69) is 89.6 Å². The average molecular weight is 623 g/mol. The Hall–Kier alpha value is -2.58. The van der Waals surface area contributed by atoms with Gasteiger partial charge in [-0.25, -0.2) is 9.97 Å². The number of H-pyrrole nitrogens is 2. The van der Waals surface area contributed by atoms with Crippen molar-refractivity contribution in [1.29, 1.82) is 0 Å². The smallest absolute Gasteiger partial charge is 0.0726 e. The molecule has 42 heavy (non-hydrogen) atoms. The zero-order chi connectivity index (χ0) is 28.6. The first-order valence-electron chi connectivity index (χ1n) is 15.7. The molecule has 0 unspecified atom stereocenters. The van der Waals surface area contributed by atoms with Crippen LogP contribution in [-0.4, -0.2) is 19.9 Å². The maximum absolute atomic E-state index is 5.57. The molecule has 0 saturated carbocycles. The van der Waals surface area contributed by atoms with Crippen molar-refractivity contribution in [1.82, 2.24) is 19.9 Å². The van der Waals surface area contributed by atoms with Crippen LogP contribution < -0.4 is 0 Å². The molecule has 6 heteroatoms. The van der Waals surface area contributed by atoms with E-state index in [0.29, 0.717) is 0 Å². The predicted molar refractivity (Wildman–Crippen MR) is 181 cm³/mol. The van der Waals surface area contributed by atoms with E-state index in [1.807, 2.05) is 0 Å². The van der Waals surface area contributed by atoms with E-state index in [1.54, 1.807) is 0 Å². The van der Waals surface area contributed by atoms with Crippen molar-refractivity contribution in [3.63, 3.8) is 0 Å². The molecule has 0 fully saturated rings. The number of halogens is 1. The van der Waals surface area contributed by atoms with Crippen LogP contribution in [0.1, 0.15) is 126 Å². The standard InChI is InChI=1S/C36H46N4.ClH.Cr/c1-9-23-25(11-3)33-29(15-7)35-27(13-5)28(14-6)36(40-35)30(16-8)34-26(12-4)24(10-2)32(39-34)20-22-18-17-21(37-22)19-31(23)38-33;;/h17-20,37-38H,9-16H2,1-8H3;1H;. The van der Waals surface area contributed by atoms with Crippen molar-refractivity contribution < 1.29 is 17.4 Å². The first kappa shape index (κ1) is 33.9. The molecule has 0 spiro atoms. The van der Waals surface area contributed by atoms with Gasteiger partial charge in [-0.2, -0.15) is 0 Å². The van der Waals surface area contributed by atoms with Crippen LogP contribution in [0, 0.1) is 0 Å². The SMILES string of the molecule is CCC1=C(CC)c2nc1cc1ccc(cc3[nH]c(c(CC)c4nc(c2CC)C(CC)=C4CC)c(CC)c3CC)[nH]1.Cl.[Cr]. The topological polar surface area (TPSA) is 57.4 Å². The molecule has 3 aromatic rings. The van der Waals surface area contributed by atoms with Crippen molar-refractivity contribution in [2.24, 2.45) is 0 Å². The van der Waals surface area contributed by atoms with Gasteiger partial charge >= 0.3 is 0 Å². The Morgan fingerprint density at radius 1 is 0.500 bits per heavy atom. The molecule has 2 aliphatic rings. The molecule has 0 aliphatic carbocycles. The van der Waals surface area contributed by atoms with Gasteiger partial charge in [0.25, 0.3) is 0 Å². The number of hydrogen-bond acceptors (Lipinski definition) is 2. The summed E-state index contributed by atoms with van der Waals surface area (Å²) in [4.78, 5) is 18.5. The summed E-state index contributed by atoms with van der Waals surface area (Å²) in [6.45, 7) is 18.2. The quantitative estimate of drug-likeness (QED) is 0.262. The molecule has 3 aromatic heterocycles. The molecule has 224 valence electrons. The summed E-state index contributed by atoms with van der Waals surface area (Å²) < 4.78 is 0. The molecule has 2 N–H and O–H groups in total. The second-order valence-corrected chi connectivity index (χ2v) is 10.9. The van der Waals surface area contributed by atoms with Gasteiger partial charge in [0.1, 0.15) is 0 Å². The molecule has 4 nitrogen and oxygen atoms in total. The minimum Gasteiger partial charge on any atom is -0.355 e. The van der Waals surface area contributed by atoms with Crippen LogP contribution >= 0.6 is 12.4 Å². The molecule has 0 atom stereocenters. The first-order valence-corrected chi connectivity index (χ1v) is 15.7. The largest absolute Gasteiger partial charge is 0.355 e. The van der Waals surface area contributed by atoms with Crippen LogP contribution in [0.2, 0.25) is 0 Å². The van der Waals surface area contributed by atoms with Gasteiger partial charge in [-0.1, -0.05) is 55.4 Å². The fraction of sp³-hybridized carbons (Fsp3) is 0.444. The van der Waals surface area contributed by atoms with E-state index in [4.69, 9.17) is 9.97 Å². The monoisotopic (exact) mass is 622 g/mol. The Morgan fingerprint density at radius 2 is 0.976 bits per heavy atom. The average Bonchev–Trinajstić information content (AvgIpc) is 3.73. The van der Waals surface area contributed by atoms with Crippen LogP contribution in [0.4, 0.5) is 0 Å². The van der Waals surface area contributed by atoms with Gasteiger partial charge in [0, 0.05) is 50.6 Å². The predicted octanol–water partition coefficient (Wildman–Crippen LogP) is 10.4. The number of fused-ring (bicyclic) bond motifs is 8. The number of hydrogen-bond donors (Lipinski definition) is 2. The van der Waals surface area contributed by atoms with E-state index in [0.717, 1.165) is 73.8 Å². The fourth-order valence-electron chi connectivity index (χ4n) is 7.07. The van der Waals surface area contributed by atoms with Crippen LogP contribution in [0.15, 0.2) is 24.3 Å². The normalized spacial score (nSPS) is 13.0. The molecule has 8 bridgehead atoms. The zero-order valence-electron chi connectivity index (χ0n) is 26.7. The van der Waals surface area contributed by atoms with E-state index in [1.165, 1.54) is 67.0 Å². The molecular weight excluding hydrogens is 576 g/mol. The summed E-state index contributed by atoms with van der Waals surface area (Å²) in [5.41, 5.74) is 20.3. The molecule has 0 radical (unpaired) electrons. The summed E-state index contributed by atoms with van der Waals surface area (Å²) >= 11 is 0. The van der Waals surface area contributed by atoms with E-state index in [9.17, 15) is 0 Å². The number of nitrogens with one attached hydrogen (secondary N) is 2. The third kappa shape index (κ3) is 5.57. The van der Waals surface area contributed by atoms with Gasteiger partial charge < -0.3 is 9.97 Å². The maximum Gasteiger partial charge on any atom is 0.0726 e. The molecule has 2 aliphatic heterocycles. The Kier molecular flexibility index (Phi) is 11.5. The van der Waals surface area contributed by atoms with Crippen LogP contribution in [0.5, 0.6) is 0 Å². The minimum absolute atomic E-state index is 0. The van der Waals surface area contributed by atoms with Crippen LogP contribution in [-0.2, 0) is 43.0 Å². The van der Waals surface area contributed by atoms with E-state index in [-0.39, 0.29) is 29.8 Å². The van der Waals surface area contributed by atoms with Gasteiger partial charge in [-0.15, -0.1) is 12.4 Å². The first-order chi connectivity index (χ1) is 19.5. The Labute approximate surface area is 269 Å². The van der Waals surface area contributed by atoms with Crippen molar-refractivity contribution in [3.8, 4) is 0 Å². The Morgan fingerprint density at radius 3 is 1.50 bits per heavy atom. The van der Waals surface area contributed by atoms with Crippen LogP contribution in [0.25, 0.3) is 44.4 Å². The molecule has 5 rings (SSSR count). The molecule has 0 aromatic carbocycles. The second kappa shape index (κ2) is 14.3. The van der Waals surface area contributed by atoms with Crippen molar-refractivity contribution in [2.45, 2.75) is 107 Å². The minimum atomic E-state index is 0. The second-order valence-electron chi connectivity index (χ2n) is 10.9. The zero-order valence-corrected chi connectivity index (χ0v) is 28.8. The van der Waals surface area contributed by atoms with E-state index < -0.39 is 0 Å². The van der Waals surface area contributed by atoms with E-state index >= 15 is 0 Å². The number of allylic oxidation sites excluding steroid dienone is 4. The number of aromatic amines is 2. The van der Waals surface area contributed by atoms with Gasteiger partial charge in [-0.3, -0.25) is 0 Å². The number of aromatic nitrogens is 4. The van der Waals surface area contributed by atoms with Gasteiger partial charge in [0.05, 0.1) is 22.8 Å². The third-order valence-electron chi connectivity index (χ3n) is 8.91. The van der Waals surface area contributed by atoms with Crippen molar-refractivity contribution in [3.05, 3.63) is 69.3 Å². The van der Waals surface area contributed by atoms with Crippen molar-refractivity contribution >= 4 is 56.8 Å². The summed E-state index contributed by atoms with van der Waals surface area (Å²) in [5, 5.41) is 0. The summed E-state index contributed by atoms with van der Waals surface area (Å²) in [6, 6.07) is 8.89. The Bertz CT molecular complexity index is 1690. The fourth-order valence-corrected chi connectivity index (χ4v) is 7.07. The number of nitrogens with zero attached hydrogens (tertiary/aromatic N) is 2. The summed E-state index contributed by atoms with van der Waals surface area (Å²) in [7, 11) is 0. The number of rotatable bonds is 8. The maximum atomic E-state index is 5.57. The van der Waals surface area contributed by atoms with Gasteiger partial charge in [0.15, 0.2) is 0 Å². The Balaban J connectivity index is 0.00000242. The van der Waals surface area contributed by atoms with Gasteiger partial charge in [-0.05, 0) is 109 Å². The summed E-state index contributed by atoms with van der Waals surface area (Å²) in [6.07, 6.45) is 7.74. The number of aryl methyl sites for hydroxylation is 3. The van der Waals surface area contributed by atoms with Gasteiger partial charge in [0.2, 0.25) is 0 Å². The van der Waals surface area contributed by atoms with Crippen molar-refractivity contribution in [2.75, 3.05) is 0 Å². The molecule has 0 saturated heterocycles. The van der Waals surface area contributed by atoms with Crippen LogP contribution in [0.3, 0.4) is 0 Å². The molecule has 0 amide bonds. The summed E-state index contributed by atoms with van der Waals surface area (Å²) in [5.74, 6) is 0.